The first-order valence-corrected chi connectivity index (χ1v) is 9.54. The monoisotopic (exact) mass is 352 g/mol. The van der Waals surface area contributed by atoms with E-state index in [1.807, 2.05) is 37.4 Å². The number of nitrogens with zero attached hydrogens (tertiary/aromatic N) is 1. The summed E-state index contributed by atoms with van der Waals surface area (Å²) in [6.45, 7) is 4.15. The number of hydrogen-bond acceptors (Lipinski definition) is 3. The molecular formula is C20H20N2O2S. The van der Waals surface area contributed by atoms with E-state index in [-0.39, 0.29) is 10.8 Å². The Hall–Kier alpha value is -2.50. The maximum absolute atomic E-state index is 11.4. The van der Waals surface area contributed by atoms with Gasteiger partial charge in [0, 0.05) is 18.3 Å². The standard InChI is InChI=1S/C20H20N2O2S/c1-14-13-22-11-10-20(14)18-5-3-4-17(12-18)15(2)16-6-8-19(9-7-16)25(21,23)24/h3-13,15H,1-2H3,(H2,21,23,24). The van der Waals surface area contributed by atoms with E-state index in [1.54, 1.807) is 18.3 Å². The number of rotatable bonds is 4. The first-order chi connectivity index (χ1) is 11.9. The fourth-order valence-electron chi connectivity index (χ4n) is 2.91. The van der Waals surface area contributed by atoms with Gasteiger partial charge in [0.2, 0.25) is 10.0 Å². The van der Waals surface area contributed by atoms with Crippen molar-refractivity contribution in [2.24, 2.45) is 5.14 Å². The second-order valence-electron chi connectivity index (χ2n) is 6.15. The molecule has 128 valence electrons. The van der Waals surface area contributed by atoms with Crippen molar-refractivity contribution in [3.63, 3.8) is 0 Å². The average Bonchev–Trinajstić information content (AvgIpc) is 2.61. The summed E-state index contributed by atoms with van der Waals surface area (Å²) in [6, 6.07) is 17.1. The molecule has 0 fully saturated rings. The zero-order valence-corrected chi connectivity index (χ0v) is 15.0. The number of sulfonamides is 1. The molecule has 0 radical (unpaired) electrons. The summed E-state index contributed by atoms with van der Waals surface area (Å²) in [6.07, 6.45) is 3.65. The molecule has 0 saturated heterocycles. The highest BCUT2D eigenvalue weighted by Crippen LogP contribution is 2.29. The first kappa shape index (κ1) is 17.3. The van der Waals surface area contributed by atoms with Crippen molar-refractivity contribution >= 4 is 10.0 Å². The van der Waals surface area contributed by atoms with Crippen LogP contribution in [0.3, 0.4) is 0 Å². The van der Waals surface area contributed by atoms with Gasteiger partial charge < -0.3 is 0 Å². The molecular weight excluding hydrogens is 332 g/mol. The van der Waals surface area contributed by atoms with Gasteiger partial charge >= 0.3 is 0 Å². The van der Waals surface area contributed by atoms with Gasteiger partial charge in [0.25, 0.3) is 0 Å². The minimum absolute atomic E-state index is 0.129. The van der Waals surface area contributed by atoms with Crippen molar-refractivity contribution in [2.75, 3.05) is 0 Å². The lowest BCUT2D eigenvalue weighted by atomic mass is 9.90. The molecule has 3 rings (SSSR count). The van der Waals surface area contributed by atoms with Crippen molar-refractivity contribution in [3.05, 3.63) is 83.7 Å². The van der Waals surface area contributed by atoms with Crippen LogP contribution in [0.5, 0.6) is 0 Å². The summed E-state index contributed by atoms with van der Waals surface area (Å²) in [7, 11) is -3.66. The highest BCUT2D eigenvalue weighted by Gasteiger charge is 2.12. The van der Waals surface area contributed by atoms with E-state index in [1.165, 1.54) is 0 Å². The molecule has 0 saturated carbocycles. The third-order valence-electron chi connectivity index (χ3n) is 4.43. The minimum atomic E-state index is -3.66. The zero-order valence-electron chi connectivity index (χ0n) is 14.2. The van der Waals surface area contributed by atoms with Gasteiger partial charge in [-0.1, -0.05) is 43.3 Å². The highest BCUT2D eigenvalue weighted by molar-refractivity contribution is 7.89. The maximum Gasteiger partial charge on any atom is 0.238 e. The zero-order chi connectivity index (χ0) is 18.0. The van der Waals surface area contributed by atoms with E-state index in [0.29, 0.717) is 0 Å². The van der Waals surface area contributed by atoms with Crippen LogP contribution in [0, 0.1) is 6.92 Å². The molecule has 1 heterocycles. The third-order valence-corrected chi connectivity index (χ3v) is 5.36. The molecule has 0 aliphatic heterocycles. The van der Waals surface area contributed by atoms with Crippen molar-refractivity contribution < 1.29 is 8.42 Å². The second kappa shape index (κ2) is 6.78. The van der Waals surface area contributed by atoms with Crippen LogP contribution in [-0.4, -0.2) is 13.4 Å². The van der Waals surface area contributed by atoms with E-state index in [2.05, 4.69) is 30.1 Å². The van der Waals surface area contributed by atoms with Gasteiger partial charge in [0.15, 0.2) is 0 Å². The van der Waals surface area contributed by atoms with Crippen LogP contribution in [0.2, 0.25) is 0 Å². The number of nitrogens with two attached hydrogens (primary N) is 1. The normalized spacial score (nSPS) is 12.8. The lowest BCUT2D eigenvalue weighted by Crippen LogP contribution is -2.12. The van der Waals surface area contributed by atoms with Gasteiger partial charge in [-0.15, -0.1) is 0 Å². The van der Waals surface area contributed by atoms with Gasteiger partial charge in [0.05, 0.1) is 4.90 Å². The summed E-state index contributed by atoms with van der Waals surface area (Å²) in [5.74, 6) is 0.136. The van der Waals surface area contributed by atoms with Crippen LogP contribution in [0.25, 0.3) is 11.1 Å². The average molecular weight is 352 g/mol. The fourth-order valence-corrected chi connectivity index (χ4v) is 3.43. The SMILES string of the molecule is Cc1cnccc1-c1cccc(C(C)c2ccc(S(N)(=O)=O)cc2)c1. The number of primary sulfonamides is 1. The van der Waals surface area contributed by atoms with Crippen LogP contribution in [0.15, 0.2) is 71.9 Å². The Kier molecular flexibility index (Phi) is 4.70. The van der Waals surface area contributed by atoms with Crippen molar-refractivity contribution in [3.8, 4) is 11.1 Å². The summed E-state index contributed by atoms with van der Waals surface area (Å²) >= 11 is 0. The fraction of sp³-hybridized carbons (Fsp3) is 0.150. The van der Waals surface area contributed by atoms with Crippen molar-refractivity contribution in [2.45, 2.75) is 24.7 Å². The molecule has 5 heteroatoms. The largest absolute Gasteiger partial charge is 0.264 e. The molecule has 0 bridgehead atoms. The van der Waals surface area contributed by atoms with Crippen LogP contribution in [0.4, 0.5) is 0 Å². The van der Waals surface area contributed by atoms with E-state index >= 15 is 0 Å². The van der Waals surface area contributed by atoms with E-state index < -0.39 is 10.0 Å². The first-order valence-electron chi connectivity index (χ1n) is 8.00. The number of aromatic nitrogens is 1. The van der Waals surface area contributed by atoms with Crippen LogP contribution >= 0.6 is 0 Å². The number of aryl methyl sites for hydroxylation is 1. The van der Waals surface area contributed by atoms with Crippen LogP contribution in [0.1, 0.15) is 29.5 Å². The predicted molar refractivity (Wildman–Crippen MR) is 99.7 cm³/mol. The van der Waals surface area contributed by atoms with Gasteiger partial charge in [-0.3, -0.25) is 4.98 Å². The lowest BCUT2D eigenvalue weighted by Gasteiger charge is -2.15. The molecule has 25 heavy (non-hydrogen) atoms. The summed E-state index contributed by atoms with van der Waals surface area (Å²) in [5.41, 5.74) is 5.64. The predicted octanol–water partition coefficient (Wildman–Crippen LogP) is 3.86. The Morgan fingerprint density at radius 3 is 2.36 bits per heavy atom. The van der Waals surface area contributed by atoms with E-state index in [4.69, 9.17) is 5.14 Å². The van der Waals surface area contributed by atoms with Crippen molar-refractivity contribution in [1.29, 1.82) is 0 Å². The molecule has 0 spiro atoms. The Morgan fingerprint density at radius 1 is 1.00 bits per heavy atom. The lowest BCUT2D eigenvalue weighted by molar-refractivity contribution is 0.597. The molecule has 3 aromatic rings. The summed E-state index contributed by atoms with van der Waals surface area (Å²) in [4.78, 5) is 4.27. The third kappa shape index (κ3) is 3.78. The smallest absolute Gasteiger partial charge is 0.238 e. The van der Waals surface area contributed by atoms with Gasteiger partial charge in [-0.2, -0.15) is 0 Å². The summed E-state index contributed by atoms with van der Waals surface area (Å²) in [5, 5.41) is 5.16. The van der Waals surface area contributed by atoms with Gasteiger partial charge in [-0.25, -0.2) is 13.6 Å². The van der Waals surface area contributed by atoms with E-state index in [0.717, 1.165) is 27.8 Å². The van der Waals surface area contributed by atoms with Gasteiger partial charge in [0.1, 0.15) is 0 Å². The second-order valence-corrected chi connectivity index (χ2v) is 7.71. The van der Waals surface area contributed by atoms with E-state index in [9.17, 15) is 8.42 Å². The number of benzene rings is 2. The Bertz CT molecular complexity index is 996. The number of pyridine rings is 1. The highest BCUT2D eigenvalue weighted by atomic mass is 32.2. The van der Waals surface area contributed by atoms with Crippen molar-refractivity contribution in [1.82, 2.24) is 4.98 Å². The topological polar surface area (TPSA) is 73.0 Å². The molecule has 2 N–H and O–H groups in total. The van der Waals surface area contributed by atoms with Crippen LogP contribution in [-0.2, 0) is 10.0 Å². The molecule has 0 amide bonds. The Labute approximate surface area is 148 Å². The molecule has 1 aromatic heterocycles. The Morgan fingerprint density at radius 2 is 1.72 bits per heavy atom. The quantitative estimate of drug-likeness (QED) is 0.775. The number of hydrogen-bond donors (Lipinski definition) is 1. The molecule has 0 aliphatic carbocycles. The molecule has 0 aliphatic rings. The molecule has 1 atom stereocenters. The van der Waals surface area contributed by atoms with Gasteiger partial charge in [-0.05, 0) is 52.9 Å². The molecule has 2 aromatic carbocycles. The molecule has 1 unspecified atom stereocenters. The Balaban J connectivity index is 1.94. The maximum atomic E-state index is 11.4. The minimum Gasteiger partial charge on any atom is -0.264 e. The molecule has 4 nitrogen and oxygen atoms in total. The summed E-state index contributed by atoms with van der Waals surface area (Å²) < 4.78 is 22.8. The van der Waals surface area contributed by atoms with Crippen LogP contribution < -0.4 is 5.14 Å².